The number of benzene rings is 1. The number of ether oxygens (including phenoxy) is 3. The molecule has 1 aromatic heterocycles. The van der Waals surface area contributed by atoms with E-state index in [0.29, 0.717) is 17.3 Å². The van der Waals surface area contributed by atoms with Gasteiger partial charge in [-0.2, -0.15) is 0 Å². The van der Waals surface area contributed by atoms with Crippen LogP contribution < -0.4 is 14.8 Å². The minimum atomic E-state index is -0.959. The standard InChI is InChI=1S/C17H19NO6/c1-11(16(19)18-10-13-5-4-8-23-13)24-17(20)14-7-6-12(21-2)9-15(14)22-3/h4-9,11H,10H2,1-3H3,(H,18,19)/t11-/m0/s1. The summed E-state index contributed by atoms with van der Waals surface area (Å²) < 4.78 is 20.5. The predicted molar refractivity (Wildman–Crippen MR) is 85.0 cm³/mol. The van der Waals surface area contributed by atoms with Gasteiger partial charge >= 0.3 is 5.97 Å². The maximum atomic E-state index is 12.2. The molecule has 0 aliphatic rings. The lowest BCUT2D eigenvalue weighted by atomic mass is 10.2. The van der Waals surface area contributed by atoms with E-state index >= 15 is 0 Å². The highest BCUT2D eigenvalue weighted by Crippen LogP contribution is 2.25. The highest BCUT2D eigenvalue weighted by molar-refractivity contribution is 5.94. The van der Waals surface area contributed by atoms with Crippen LogP contribution in [-0.2, 0) is 16.1 Å². The van der Waals surface area contributed by atoms with Gasteiger partial charge in [0.25, 0.3) is 5.91 Å². The van der Waals surface area contributed by atoms with Gasteiger partial charge in [0.1, 0.15) is 22.8 Å². The highest BCUT2D eigenvalue weighted by atomic mass is 16.5. The van der Waals surface area contributed by atoms with Gasteiger partial charge in [0.15, 0.2) is 6.10 Å². The summed E-state index contributed by atoms with van der Waals surface area (Å²) >= 11 is 0. The van der Waals surface area contributed by atoms with Crippen molar-refractivity contribution in [2.75, 3.05) is 14.2 Å². The fourth-order valence-electron chi connectivity index (χ4n) is 1.98. The zero-order valence-electron chi connectivity index (χ0n) is 13.7. The van der Waals surface area contributed by atoms with Gasteiger partial charge in [0.2, 0.25) is 0 Å². The molecule has 0 bridgehead atoms. The van der Waals surface area contributed by atoms with Crippen molar-refractivity contribution in [3.63, 3.8) is 0 Å². The number of esters is 1. The molecule has 1 amide bonds. The molecule has 7 nitrogen and oxygen atoms in total. The molecule has 2 aromatic rings. The molecule has 0 radical (unpaired) electrons. The Kier molecular flexibility index (Phi) is 5.83. The fourth-order valence-corrected chi connectivity index (χ4v) is 1.98. The van der Waals surface area contributed by atoms with Crippen molar-refractivity contribution < 1.29 is 28.2 Å². The Morgan fingerprint density at radius 2 is 2.00 bits per heavy atom. The van der Waals surface area contributed by atoms with Gasteiger partial charge < -0.3 is 23.9 Å². The second-order valence-corrected chi connectivity index (χ2v) is 4.91. The molecule has 24 heavy (non-hydrogen) atoms. The Hall–Kier alpha value is -2.96. The van der Waals surface area contributed by atoms with Gasteiger partial charge in [-0.1, -0.05) is 0 Å². The average molecular weight is 333 g/mol. The van der Waals surface area contributed by atoms with Crippen LogP contribution in [0.3, 0.4) is 0 Å². The zero-order chi connectivity index (χ0) is 17.5. The first-order valence-corrected chi connectivity index (χ1v) is 7.28. The molecule has 0 aliphatic carbocycles. The van der Waals surface area contributed by atoms with Crippen molar-refractivity contribution in [2.45, 2.75) is 19.6 Å². The molecule has 1 aromatic carbocycles. The second kappa shape index (κ2) is 8.05. The van der Waals surface area contributed by atoms with Crippen LogP contribution in [0.5, 0.6) is 11.5 Å². The number of carbonyl (C=O) groups excluding carboxylic acids is 2. The number of nitrogens with one attached hydrogen (secondary N) is 1. The summed E-state index contributed by atoms with van der Waals surface area (Å²) in [5.74, 6) is 0.385. The first-order chi connectivity index (χ1) is 11.5. The Morgan fingerprint density at radius 1 is 1.21 bits per heavy atom. The number of hydrogen-bond acceptors (Lipinski definition) is 6. The molecular formula is C17H19NO6. The SMILES string of the molecule is COc1ccc(C(=O)O[C@@H](C)C(=O)NCc2ccco2)c(OC)c1. The zero-order valence-corrected chi connectivity index (χ0v) is 13.7. The van der Waals surface area contributed by atoms with E-state index in [1.54, 1.807) is 24.3 Å². The maximum Gasteiger partial charge on any atom is 0.342 e. The highest BCUT2D eigenvalue weighted by Gasteiger charge is 2.21. The monoisotopic (exact) mass is 333 g/mol. The van der Waals surface area contributed by atoms with E-state index in [-0.39, 0.29) is 12.1 Å². The van der Waals surface area contributed by atoms with Crippen LogP contribution in [0.25, 0.3) is 0 Å². The van der Waals surface area contributed by atoms with Crippen LogP contribution in [0, 0.1) is 0 Å². The summed E-state index contributed by atoms with van der Waals surface area (Å²) in [4.78, 5) is 24.2. The summed E-state index contributed by atoms with van der Waals surface area (Å²) in [5, 5.41) is 2.63. The minimum absolute atomic E-state index is 0.212. The summed E-state index contributed by atoms with van der Waals surface area (Å²) in [7, 11) is 2.95. The van der Waals surface area contributed by atoms with Gasteiger partial charge in [-0.05, 0) is 31.2 Å². The Morgan fingerprint density at radius 3 is 2.62 bits per heavy atom. The molecular weight excluding hydrogens is 314 g/mol. The molecule has 1 atom stereocenters. The van der Waals surface area contributed by atoms with Crippen molar-refractivity contribution in [2.24, 2.45) is 0 Å². The number of methoxy groups -OCH3 is 2. The quantitative estimate of drug-likeness (QED) is 0.781. The number of carbonyl (C=O) groups is 2. The molecule has 0 unspecified atom stereocenters. The molecule has 0 aliphatic heterocycles. The van der Waals surface area contributed by atoms with E-state index in [4.69, 9.17) is 18.6 Å². The summed E-state index contributed by atoms with van der Waals surface area (Å²) in [6.45, 7) is 1.71. The number of amides is 1. The van der Waals surface area contributed by atoms with Gasteiger partial charge in [-0.15, -0.1) is 0 Å². The van der Waals surface area contributed by atoms with Crippen LogP contribution in [0.1, 0.15) is 23.0 Å². The number of rotatable bonds is 7. The third kappa shape index (κ3) is 4.28. The molecule has 7 heteroatoms. The predicted octanol–water partition coefficient (Wildman–Crippen LogP) is 2.16. The van der Waals surface area contributed by atoms with Gasteiger partial charge in [0.05, 0.1) is 27.0 Å². The van der Waals surface area contributed by atoms with E-state index < -0.39 is 18.0 Å². The first-order valence-electron chi connectivity index (χ1n) is 7.28. The third-order valence-electron chi connectivity index (χ3n) is 3.30. The van der Waals surface area contributed by atoms with Crippen LogP contribution in [0.15, 0.2) is 41.0 Å². The summed E-state index contributed by atoms with van der Waals surface area (Å²) in [6.07, 6.45) is 0.556. The molecule has 0 saturated heterocycles. The Balaban J connectivity index is 1.96. The van der Waals surface area contributed by atoms with Crippen LogP contribution in [-0.4, -0.2) is 32.2 Å². The summed E-state index contributed by atoms with van der Waals surface area (Å²) in [6, 6.07) is 8.16. The molecule has 128 valence electrons. The van der Waals surface area contributed by atoms with Gasteiger partial charge in [-0.25, -0.2) is 4.79 Å². The van der Waals surface area contributed by atoms with Gasteiger partial charge in [0, 0.05) is 6.07 Å². The number of hydrogen-bond donors (Lipinski definition) is 1. The lowest BCUT2D eigenvalue weighted by Gasteiger charge is -2.14. The largest absolute Gasteiger partial charge is 0.497 e. The third-order valence-corrected chi connectivity index (χ3v) is 3.30. The molecule has 2 rings (SSSR count). The van der Waals surface area contributed by atoms with E-state index in [0.717, 1.165) is 0 Å². The van der Waals surface area contributed by atoms with Crippen LogP contribution >= 0.6 is 0 Å². The van der Waals surface area contributed by atoms with Gasteiger partial charge in [-0.3, -0.25) is 4.79 Å². The van der Waals surface area contributed by atoms with E-state index in [9.17, 15) is 9.59 Å². The molecule has 0 spiro atoms. The Bertz CT molecular complexity index is 695. The lowest BCUT2D eigenvalue weighted by molar-refractivity contribution is -0.129. The van der Waals surface area contributed by atoms with Crippen molar-refractivity contribution in [1.82, 2.24) is 5.32 Å². The minimum Gasteiger partial charge on any atom is -0.497 e. The lowest BCUT2D eigenvalue weighted by Crippen LogP contribution is -2.35. The first kappa shape index (κ1) is 17.4. The molecule has 0 saturated carbocycles. The van der Waals surface area contributed by atoms with Crippen LogP contribution in [0.2, 0.25) is 0 Å². The van der Waals surface area contributed by atoms with Crippen molar-refractivity contribution >= 4 is 11.9 Å². The molecule has 1 N–H and O–H groups in total. The average Bonchev–Trinajstić information content (AvgIpc) is 3.12. The maximum absolute atomic E-state index is 12.2. The second-order valence-electron chi connectivity index (χ2n) is 4.91. The molecule has 0 fully saturated rings. The smallest absolute Gasteiger partial charge is 0.342 e. The topological polar surface area (TPSA) is 87.0 Å². The van der Waals surface area contributed by atoms with Crippen molar-refractivity contribution in [3.8, 4) is 11.5 Å². The van der Waals surface area contributed by atoms with E-state index in [2.05, 4.69) is 5.32 Å². The Labute approximate surface area is 139 Å². The summed E-state index contributed by atoms with van der Waals surface area (Å²) in [5.41, 5.74) is 0.212. The number of furan rings is 1. The van der Waals surface area contributed by atoms with Crippen LogP contribution in [0.4, 0.5) is 0 Å². The van der Waals surface area contributed by atoms with E-state index in [1.165, 1.54) is 33.5 Å². The molecule has 1 heterocycles. The fraction of sp³-hybridized carbons (Fsp3) is 0.294. The van der Waals surface area contributed by atoms with Crippen molar-refractivity contribution in [1.29, 1.82) is 0 Å². The normalized spacial score (nSPS) is 11.5. The van der Waals surface area contributed by atoms with Crippen molar-refractivity contribution in [3.05, 3.63) is 47.9 Å². The van der Waals surface area contributed by atoms with E-state index in [1.807, 2.05) is 0 Å².